The third-order valence-electron chi connectivity index (χ3n) is 2.82. The van der Waals surface area contributed by atoms with E-state index in [1.54, 1.807) is 18.2 Å². The van der Waals surface area contributed by atoms with Crippen molar-refractivity contribution in [3.8, 4) is 0 Å². The zero-order valence-electron chi connectivity index (χ0n) is 10.7. The predicted octanol–water partition coefficient (Wildman–Crippen LogP) is 4.51. The van der Waals surface area contributed by atoms with Gasteiger partial charge in [0.05, 0.1) is 10.6 Å². The molecule has 1 aliphatic rings. The second kappa shape index (κ2) is 7.07. The molecule has 0 aliphatic carbocycles. The maximum atomic E-state index is 11.8. The minimum absolute atomic E-state index is 0.0372. The number of rotatable bonds is 0. The first-order chi connectivity index (χ1) is 9.09. The van der Waals surface area contributed by atoms with Gasteiger partial charge in [-0.1, -0.05) is 32.0 Å². The molecule has 0 unspecified atom stereocenters. The van der Waals surface area contributed by atoms with Crippen LogP contribution in [0.3, 0.4) is 0 Å². The molecule has 104 valence electrons. The van der Waals surface area contributed by atoms with E-state index in [1.165, 1.54) is 0 Å². The van der Waals surface area contributed by atoms with Crippen LogP contribution in [0.25, 0.3) is 10.8 Å². The number of nitrogens with two attached hydrogens (primary N) is 1. The molecule has 19 heavy (non-hydrogen) atoms. The molecule has 0 atom stereocenters. The second-order valence-electron chi connectivity index (χ2n) is 3.75. The fourth-order valence-electron chi connectivity index (χ4n) is 2.12. The Morgan fingerprint density at radius 3 is 2.37 bits per heavy atom. The summed E-state index contributed by atoms with van der Waals surface area (Å²) >= 11 is 4.24. The molecule has 3 rings (SSSR count). The lowest BCUT2D eigenvalue weighted by Crippen LogP contribution is -1.98. The topological polar surface area (TPSA) is 60.2 Å². The average molecular weight is 503 g/mol. The van der Waals surface area contributed by atoms with E-state index in [0.29, 0.717) is 10.6 Å². The van der Waals surface area contributed by atoms with Crippen molar-refractivity contribution in [2.75, 3.05) is 5.73 Å². The highest BCUT2D eigenvalue weighted by atomic mass is 128. The number of anilines is 1. The van der Waals surface area contributed by atoms with Crippen molar-refractivity contribution in [2.45, 2.75) is 24.5 Å². The van der Waals surface area contributed by atoms with Crippen molar-refractivity contribution < 1.29 is 8.42 Å². The van der Waals surface area contributed by atoms with Crippen molar-refractivity contribution in [1.82, 2.24) is 0 Å². The van der Waals surface area contributed by atoms with Crippen LogP contribution in [0.15, 0.2) is 35.2 Å². The van der Waals surface area contributed by atoms with Crippen LogP contribution in [0.2, 0.25) is 0 Å². The number of hydrogen-bond donors (Lipinski definition) is 1. The van der Waals surface area contributed by atoms with Crippen LogP contribution in [0, 0.1) is 0 Å². The van der Waals surface area contributed by atoms with E-state index in [-0.39, 0.29) is 5.75 Å². The van der Waals surface area contributed by atoms with Gasteiger partial charge in [0.1, 0.15) is 0 Å². The van der Waals surface area contributed by atoms with Crippen LogP contribution >= 0.6 is 37.2 Å². The molecule has 1 heterocycles. The largest absolute Gasteiger partial charge is 0.398 e. The lowest BCUT2D eigenvalue weighted by atomic mass is 10.0. The second-order valence-corrected chi connectivity index (χ2v) is 5.70. The maximum Gasteiger partial charge on any atom is 0.183 e. The van der Waals surface area contributed by atoms with Crippen molar-refractivity contribution in [3.05, 3.63) is 35.9 Å². The summed E-state index contributed by atoms with van der Waals surface area (Å²) in [6, 6.07) is 8.94. The highest BCUT2D eigenvalue weighted by molar-refractivity contribution is 15.0. The molecule has 3 nitrogen and oxygen atoms in total. The van der Waals surface area contributed by atoms with Gasteiger partial charge in [-0.2, -0.15) is 0 Å². The molecule has 0 fully saturated rings. The Labute approximate surface area is 137 Å². The lowest BCUT2D eigenvalue weighted by Gasteiger charge is -2.02. The number of halogens is 2. The summed E-state index contributed by atoms with van der Waals surface area (Å²) in [5, 5.41) is 1.75. The Bertz CT molecular complexity index is 684. The molecule has 2 aromatic carbocycles. The van der Waals surface area contributed by atoms with Gasteiger partial charge in [0.25, 0.3) is 0 Å². The molecule has 0 spiro atoms. The third-order valence-corrected chi connectivity index (χ3v) is 4.50. The number of hydrogen-bond acceptors (Lipinski definition) is 3. The first-order valence-corrected chi connectivity index (χ1v) is 13.7. The fraction of sp³-hybridized carbons (Fsp3) is 0.231. The number of benzene rings is 2. The van der Waals surface area contributed by atoms with Crippen molar-refractivity contribution in [2.24, 2.45) is 0 Å². The summed E-state index contributed by atoms with van der Waals surface area (Å²) in [5.74, 6) is 0.0372. The van der Waals surface area contributed by atoms with Gasteiger partial charge in [-0.15, -0.1) is 0 Å². The normalized spacial score (nSPS) is 14.1. The van der Waals surface area contributed by atoms with Crippen molar-refractivity contribution >= 4 is 63.5 Å². The average Bonchev–Trinajstić information content (AvgIpc) is 2.73. The smallest absolute Gasteiger partial charge is 0.183 e. The van der Waals surface area contributed by atoms with Gasteiger partial charge in [-0.25, -0.2) is 8.42 Å². The minimum Gasteiger partial charge on any atom is -0.398 e. The van der Waals surface area contributed by atoms with Crippen LogP contribution in [0.4, 0.5) is 5.69 Å². The van der Waals surface area contributed by atoms with Crippen LogP contribution in [0.5, 0.6) is 0 Å². The first kappa shape index (κ1) is 17.0. The van der Waals surface area contributed by atoms with Gasteiger partial charge in [0.2, 0.25) is 0 Å². The zero-order chi connectivity index (χ0) is 14.6. The first-order valence-electron chi connectivity index (χ1n) is 5.77. The van der Waals surface area contributed by atoms with Crippen LogP contribution in [-0.2, 0) is 15.6 Å². The molecular formula is C13H15I2NO2S. The summed E-state index contributed by atoms with van der Waals surface area (Å²) in [6.07, 6.45) is 0. The SMILES string of the molecule is CC.II.Nc1ccc2cccc3c2c1CS3(=O)=O. The quantitative estimate of drug-likeness (QED) is 0.426. The molecule has 1 aliphatic heterocycles. The monoisotopic (exact) mass is 503 g/mol. The van der Waals surface area contributed by atoms with E-state index >= 15 is 0 Å². The van der Waals surface area contributed by atoms with E-state index in [4.69, 9.17) is 5.73 Å². The van der Waals surface area contributed by atoms with Gasteiger partial charge in [-0.3, -0.25) is 0 Å². The van der Waals surface area contributed by atoms with E-state index in [2.05, 4.69) is 37.2 Å². The summed E-state index contributed by atoms with van der Waals surface area (Å²) in [5.41, 5.74) is 7.11. The summed E-state index contributed by atoms with van der Waals surface area (Å²) in [6.45, 7) is 4.00. The highest BCUT2D eigenvalue weighted by Crippen LogP contribution is 2.38. The van der Waals surface area contributed by atoms with Crippen molar-refractivity contribution in [3.63, 3.8) is 0 Å². The lowest BCUT2D eigenvalue weighted by molar-refractivity contribution is 0.598. The molecule has 0 aromatic heterocycles. The van der Waals surface area contributed by atoms with Crippen LogP contribution in [-0.4, -0.2) is 8.42 Å². The van der Waals surface area contributed by atoms with E-state index in [1.807, 2.05) is 26.0 Å². The predicted molar refractivity (Wildman–Crippen MR) is 98.6 cm³/mol. The zero-order valence-corrected chi connectivity index (χ0v) is 15.8. The summed E-state index contributed by atoms with van der Waals surface area (Å²) in [7, 11) is -3.16. The van der Waals surface area contributed by atoms with Crippen LogP contribution < -0.4 is 5.73 Å². The minimum atomic E-state index is -3.16. The number of nitrogen functional groups attached to an aromatic ring is 1. The fourth-order valence-corrected chi connectivity index (χ4v) is 3.80. The van der Waals surface area contributed by atoms with Gasteiger partial charge < -0.3 is 5.73 Å². The molecule has 2 aromatic rings. The molecule has 0 saturated carbocycles. The third kappa shape index (κ3) is 3.15. The van der Waals surface area contributed by atoms with E-state index < -0.39 is 9.84 Å². The Morgan fingerprint density at radius 1 is 1.11 bits per heavy atom. The molecule has 2 N–H and O–H groups in total. The van der Waals surface area contributed by atoms with Crippen LogP contribution in [0.1, 0.15) is 19.4 Å². The molecular weight excluding hydrogens is 488 g/mol. The van der Waals surface area contributed by atoms with E-state index in [9.17, 15) is 8.42 Å². The molecule has 0 radical (unpaired) electrons. The van der Waals surface area contributed by atoms with Crippen molar-refractivity contribution in [1.29, 1.82) is 0 Å². The van der Waals surface area contributed by atoms with Gasteiger partial charge >= 0.3 is 0 Å². The molecule has 6 heteroatoms. The van der Waals surface area contributed by atoms with Gasteiger partial charge in [-0.05, 0) is 23.1 Å². The standard InChI is InChI=1S/C11H9NO2S.C2H6.I2/c12-9-5-4-7-2-1-3-10-11(7)8(9)6-15(10,13)14;2*1-2/h1-5H,6,12H2;1-2H3;. The van der Waals surface area contributed by atoms with E-state index in [0.717, 1.165) is 16.3 Å². The Balaban J connectivity index is 0.000000415. The highest BCUT2D eigenvalue weighted by Gasteiger charge is 2.28. The summed E-state index contributed by atoms with van der Waals surface area (Å²) < 4.78 is 23.7. The summed E-state index contributed by atoms with van der Waals surface area (Å²) in [4.78, 5) is 0.419. The molecule has 0 saturated heterocycles. The Hall–Kier alpha value is -0.0900. The maximum absolute atomic E-state index is 11.8. The van der Waals surface area contributed by atoms with Gasteiger partial charge in [0.15, 0.2) is 9.84 Å². The molecule has 0 bridgehead atoms. The Morgan fingerprint density at radius 2 is 1.74 bits per heavy atom. The molecule has 0 amide bonds. The number of sulfone groups is 1. The Kier molecular flexibility index (Phi) is 6.31. The van der Waals surface area contributed by atoms with Gasteiger partial charge in [0, 0.05) is 48.3 Å².